The van der Waals surface area contributed by atoms with Crippen molar-refractivity contribution in [2.45, 2.75) is 24.0 Å². The Morgan fingerprint density at radius 1 is 1.19 bits per heavy atom. The van der Waals surface area contributed by atoms with Gasteiger partial charge in [-0.15, -0.1) is 0 Å². The molecule has 0 amide bonds. The van der Waals surface area contributed by atoms with Gasteiger partial charge in [0.15, 0.2) is 9.84 Å². The number of aromatic carboxylic acids is 1. The second kappa shape index (κ2) is 6.05. The predicted molar refractivity (Wildman–Crippen MR) is 77.9 cm³/mol. The third-order valence-corrected chi connectivity index (χ3v) is 4.90. The van der Waals surface area contributed by atoms with Crippen LogP contribution in [0.2, 0.25) is 0 Å². The topological polar surface area (TPSA) is 84.3 Å². The van der Waals surface area contributed by atoms with Crippen LogP contribution in [-0.2, 0) is 22.0 Å². The second-order valence-electron chi connectivity index (χ2n) is 4.60. The van der Waals surface area contributed by atoms with E-state index >= 15 is 0 Å². The highest BCUT2D eigenvalue weighted by Gasteiger charge is 2.20. The van der Waals surface area contributed by atoms with Gasteiger partial charge in [0.2, 0.25) is 0 Å². The Hall–Kier alpha value is -2.21. The number of aromatic nitrogens is 1. The van der Waals surface area contributed by atoms with Crippen molar-refractivity contribution in [2.75, 3.05) is 0 Å². The molecule has 0 saturated carbocycles. The quantitative estimate of drug-likeness (QED) is 0.916. The largest absolute Gasteiger partial charge is 0.478 e. The SMILES string of the molecule is CCc1ccc(C(=O)O)cc1S(=O)(=O)Cc1ccncc1. The fourth-order valence-electron chi connectivity index (χ4n) is 2.05. The first-order valence-electron chi connectivity index (χ1n) is 6.42. The molecule has 0 atom stereocenters. The number of carboxylic acid groups (broad SMARTS) is 1. The van der Waals surface area contributed by atoms with Gasteiger partial charge in [0.25, 0.3) is 0 Å². The third-order valence-electron chi connectivity index (χ3n) is 3.14. The number of benzene rings is 1. The maximum atomic E-state index is 12.5. The maximum absolute atomic E-state index is 12.5. The Morgan fingerprint density at radius 2 is 1.86 bits per heavy atom. The van der Waals surface area contributed by atoms with E-state index in [1.807, 2.05) is 6.92 Å². The number of nitrogens with zero attached hydrogens (tertiary/aromatic N) is 1. The second-order valence-corrected chi connectivity index (χ2v) is 6.55. The lowest BCUT2D eigenvalue weighted by molar-refractivity contribution is 0.0696. The van der Waals surface area contributed by atoms with Gasteiger partial charge in [-0.25, -0.2) is 13.2 Å². The summed E-state index contributed by atoms with van der Waals surface area (Å²) in [6.07, 6.45) is 3.57. The molecule has 1 aromatic heterocycles. The van der Waals surface area contributed by atoms with Crippen molar-refractivity contribution in [1.29, 1.82) is 0 Å². The minimum absolute atomic E-state index is 0.0273. The van der Waals surface area contributed by atoms with Crippen LogP contribution in [0.15, 0.2) is 47.6 Å². The van der Waals surface area contributed by atoms with Gasteiger partial charge in [0, 0.05) is 12.4 Å². The summed E-state index contributed by atoms with van der Waals surface area (Å²) >= 11 is 0. The highest BCUT2D eigenvalue weighted by Crippen LogP contribution is 2.22. The molecule has 0 saturated heterocycles. The molecule has 0 aliphatic rings. The van der Waals surface area contributed by atoms with E-state index in [2.05, 4.69) is 4.98 Å². The number of hydrogen-bond donors (Lipinski definition) is 1. The molecule has 0 unspecified atom stereocenters. The highest BCUT2D eigenvalue weighted by atomic mass is 32.2. The Bertz CT molecular complexity index is 754. The van der Waals surface area contributed by atoms with E-state index in [0.29, 0.717) is 17.5 Å². The van der Waals surface area contributed by atoms with Crippen molar-refractivity contribution in [1.82, 2.24) is 4.98 Å². The fourth-order valence-corrected chi connectivity index (χ4v) is 3.75. The van der Waals surface area contributed by atoms with Gasteiger partial charge in [-0.3, -0.25) is 4.98 Å². The molecule has 5 nitrogen and oxygen atoms in total. The summed E-state index contributed by atoms with van der Waals surface area (Å²) < 4.78 is 25.1. The van der Waals surface area contributed by atoms with Crippen LogP contribution in [0.5, 0.6) is 0 Å². The van der Waals surface area contributed by atoms with E-state index in [9.17, 15) is 13.2 Å². The van der Waals surface area contributed by atoms with Gasteiger partial charge in [-0.05, 0) is 41.8 Å². The van der Waals surface area contributed by atoms with E-state index < -0.39 is 15.8 Å². The Kier molecular flexibility index (Phi) is 4.37. The van der Waals surface area contributed by atoms with Crippen LogP contribution >= 0.6 is 0 Å². The molecule has 1 heterocycles. The Labute approximate surface area is 123 Å². The molecule has 0 bridgehead atoms. The maximum Gasteiger partial charge on any atom is 0.335 e. The van der Waals surface area contributed by atoms with Crippen molar-refractivity contribution >= 4 is 15.8 Å². The van der Waals surface area contributed by atoms with Crippen LogP contribution in [0.25, 0.3) is 0 Å². The number of aryl methyl sites for hydroxylation is 1. The molecular weight excluding hydrogens is 290 g/mol. The van der Waals surface area contributed by atoms with Gasteiger partial charge in [0.1, 0.15) is 0 Å². The van der Waals surface area contributed by atoms with Crippen molar-refractivity contribution in [3.05, 3.63) is 59.4 Å². The summed E-state index contributed by atoms with van der Waals surface area (Å²) in [6, 6.07) is 7.47. The first-order chi connectivity index (χ1) is 9.94. The average molecular weight is 305 g/mol. The zero-order valence-electron chi connectivity index (χ0n) is 11.5. The van der Waals surface area contributed by atoms with E-state index in [-0.39, 0.29) is 16.2 Å². The van der Waals surface area contributed by atoms with Crippen molar-refractivity contribution < 1.29 is 18.3 Å². The number of pyridine rings is 1. The number of carboxylic acids is 1. The average Bonchev–Trinajstić information content (AvgIpc) is 2.47. The Morgan fingerprint density at radius 3 is 2.43 bits per heavy atom. The summed E-state index contributed by atoms with van der Waals surface area (Å²) in [5.41, 5.74) is 1.21. The third kappa shape index (κ3) is 3.46. The Balaban J connectivity index is 2.48. The predicted octanol–water partition coefficient (Wildman–Crippen LogP) is 2.32. The van der Waals surface area contributed by atoms with Gasteiger partial charge in [-0.2, -0.15) is 0 Å². The van der Waals surface area contributed by atoms with Crippen molar-refractivity contribution in [3.8, 4) is 0 Å². The molecule has 1 aromatic carbocycles. The highest BCUT2D eigenvalue weighted by molar-refractivity contribution is 7.90. The molecule has 6 heteroatoms. The molecule has 0 fully saturated rings. The summed E-state index contributed by atoms with van der Waals surface area (Å²) in [7, 11) is -3.60. The summed E-state index contributed by atoms with van der Waals surface area (Å²) in [4.78, 5) is 15.0. The first kappa shape index (κ1) is 15.2. The number of hydrogen-bond acceptors (Lipinski definition) is 4. The van der Waals surface area contributed by atoms with E-state index in [1.165, 1.54) is 24.5 Å². The monoisotopic (exact) mass is 305 g/mol. The summed E-state index contributed by atoms with van der Waals surface area (Å²) in [6.45, 7) is 1.83. The molecule has 2 aromatic rings. The lowest BCUT2D eigenvalue weighted by Crippen LogP contribution is -2.10. The normalized spacial score (nSPS) is 11.3. The smallest absolute Gasteiger partial charge is 0.335 e. The molecule has 21 heavy (non-hydrogen) atoms. The first-order valence-corrected chi connectivity index (χ1v) is 8.07. The molecule has 0 aliphatic carbocycles. The lowest BCUT2D eigenvalue weighted by Gasteiger charge is -2.10. The molecular formula is C15H15NO4S. The van der Waals surface area contributed by atoms with E-state index in [0.717, 1.165) is 0 Å². The van der Waals surface area contributed by atoms with Crippen molar-refractivity contribution in [2.24, 2.45) is 0 Å². The van der Waals surface area contributed by atoms with E-state index in [1.54, 1.807) is 18.2 Å². The van der Waals surface area contributed by atoms with Crippen LogP contribution in [0.3, 0.4) is 0 Å². The number of sulfone groups is 1. The minimum Gasteiger partial charge on any atom is -0.478 e. The van der Waals surface area contributed by atoms with Crippen LogP contribution < -0.4 is 0 Å². The number of carbonyl (C=O) groups is 1. The van der Waals surface area contributed by atoms with Crippen LogP contribution in [0, 0.1) is 0 Å². The summed E-state index contributed by atoms with van der Waals surface area (Å²) in [5.74, 6) is -1.32. The number of rotatable bonds is 5. The molecule has 1 N–H and O–H groups in total. The van der Waals surface area contributed by atoms with Gasteiger partial charge in [0.05, 0.1) is 16.2 Å². The van der Waals surface area contributed by atoms with Gasteiger partial charge < -0.3 is 5.11 Å². The van der Waals surface area contributed by atoms with Gasteiger partial charge in [-0.1, -0.05) is 13.0 Å². The van der Waals surface area contributed by atoms with E-state index in [4.69, 9.17) is 5.11 Å². The van der Waals surface area contributed by atoms with Crippen LogP contribution in [0.1, 0.15) is 28.4 Å². The molecule has 0 aliphatic heterocycles. The standard InChI is InChI=1S/C15H15NO4S/c1-2-12-3-4-13(15(17)18)9-14(12)21(19,20)10-11-5-7-16-8-6-11/h3-9H,2,10H2,1H3,(H,17,18). The lowest BCUT2D eigenvalue weighted by atomic mass is 10.1. The van der Waals surface area contributed by atoms with Crippen LogP contribution in [-0.4, -0.2) is 24.5 Å². The van der Waals surface area contributed by atoms with Crippen LogP contribution in [0.4, 0.5) is 0 Å². The zero-order chi connectivity index (χ0) is 15.5. The molecule has 110 valence electrons. The summed E-state index contributed by atoms with van der Waals surface area (Å²) in [5, 5.41) is 9.03. The molecule has 0 radical (unpaired) electrons. The van der Waals surface area contributed by atoms with Crippen molar-refractivity contribution in [3.63, 3.8) is 0 Å². The molecule has 2 rings (SSSR count). The van der Waals surface area contributed by atoms with Gasteiger partial charge >= 0.3 is 5.97 Å². The fraction of sp³-hybridized carbons (Fsp3) is 0.200. The zero-order valence-corrected chi connectivity index (χ0v) is 12.3. The minimum atomic E-state index is -3.60. The molecule has 0 spiro atoms.